The molecule has 1 aliphatic rings. The van der Waals surface area contributed by atoms with Gasteiger partial charge in [-0.15, -0.1) is 0 Å². The molecule has 5 heteroatoms. The smallest absolute Gasteiger partial charge is 0.123 e. The molecule has 1 heterocycles. The van der Waals surface area contributed by atoms with Crippen LogP contribution in [0.4, 0.5) is 8.78 Å². The van der Waals surface area contributed by atoms with Crippen molar-refractivity contribution in [3.63, 3.8) is 0 Å². The molecule has 0 spiro atoms. The second-order valence-corrected chi connectivity index (χ2v) is 6.46. The van der Waals surface area contributed by atoms with E-state index in [0.717, 1.165) is 50.3 Å². The third-order valence-corrected chi connectivity index (χ3v) is 4.78. The minimum atomic E-state index is -0.254. The Balaban J connectivity index is 1.80. The molecule has 0 aliphatic carbocycles. The molecule has 0 bridgehead atoms. The zero-order valence-corrected chi connectivity index (χ0v) is 14.2. The standard InChI is InChI=1S/C20H24F2N2O/c21-18-6-2-16(3-7-18)20(17-4-8-19(22)9-5-17)24-13-11-23(12-14-24)10-1-15-25/h2-9,20,25H,1,10-15H2. The van der Waals surface area contributed by atoms with E-state index in [-0.39, 0.29) is 24.3 Å². The average Bonchev–Trinajstić information content (AvgIpc) is 2.64. The Hall–Kier alpha value is -1.82. The van der Waals surface area contributed by atoms with Gasteiger partial charge in [-0.3, -0.25) is 4.90 Å². The van der Waals surface area contributed by atoms with Crippen LogP contribution in [0.15, 0.2) is 48.5 Å². The van der Waals surface area contributed by atoms with Crippen LogP contribution in [-0.2, 0) is 0 Å². The lowest BCUT2D eigenvalue weighted by Gasteiger charge is -2.39. The fraction of sp³-hybridized carbons (Fsp3) is 0.400. The Morgan fingerprint density at radius 3 is 1.72 bits per heavy atom. The van der Waals surface area contributed by atoms with Crippen molar-refractivity contribution in [1.82, 2.24) is 9.80 Å². The maximum Gasteiger partial charge on any atom is 0.123 e. The highest BCUT2D eigenvalue weighted by Crippen LogP contribution is 2.30. The number of hydrogen-bond acceptors (Lipinski definition) is 3. The molecule has 2 aromatic rings. The van der Waals surface area contributed by atoms with Crippen LogP contribution in [0, 0.1) is 11.6 Å². The highest BCUT2D eigenvalue weighted by atomic mass is 19.1. The van der Waals surface area contributed by atoms with Crippen LogP contribution >= 0.6 is 0 Å². The van der Waals surface area contributed by atoms with Crippen molar-refractivity contribution in [3.8, 4) is 0 Å². The van der Waals surface area contributed by atoms with Gasteiger partial charge in [-0.2, -0.15) is 0 Å². The van der Waals surface area contributed by atoms with Crippen molar-refractivity contribution in [3.05, 3.63) is 71.3 Å². The van der Waals surface area contributed by atoms with Gasteiger partial charge in [0, 0.05) is 39.3 Å². The third kappa shape index (κ3) is 4.63. The van der Waals surface area contributed by atoms with Crippen LogP contribution in [-0.4, -0.2) is 54.2 Å². The van der Waals surface area contributed by atoms with E-state index in [1.807, 2.05) is 24.3 Å². The topological polar surface area (TPSA) is 26.7 Å². The van der Waals surface area contributed by atoms with Crippen molar-refractivity contribution >= 4 is 0 Å². The Bertz CT molecular complexity index is 607. The van der Waals surface area contributed by atoms with Crippen LogP contribution in [0.3, 0.4) is 0 Å². The summed E-state index contributed by atoms with van der Waals surface area (Å²) in [5.41, 5.74) is 2.02. The Morgan fingerprint density at radius 2 is 1.28 bits per heavy atom. The number of aliphatic hydroxyl groups is 1. The van der Waals surface area contributed by atoms with Crippen molar-refractivity contribution in [2.24, 2.45) is 0 Å². The number of rotatable bonds is 6. The van der Waals surface area contributed by atoms with E-state index in [9.17, 15) is 8.78 Å². The molecule has 0 amide bonds. The first-order valence-corrected chi connectivity index (χ1v) is 8.75. The summed E-state index contributed by atoms with van der Waals surface area (Å²) in [4.78, 5) is 4.70. The fourth-order valence-corrected chi connectivity index (χ4v) is 3.44. The number of halogens is 2. The summed E-state index contributed by atoms with van der Waals surface area (Å²) in [7, 11) is 0. The van der Waals surface area contributed by atoms with Crippen molar-refractivity contribution in [2.75, 3.05) is 39.3 Å². The highest BCUT2D eigenvalue weighted by molar-refractivity contribution is 5.32. The molecular formula is C20H24F2N2O. The van der Waals surface area contributed by atoms with Gasteiger partial charge in [-0.1, -0.05) is 24.3 Å². The second kappa shape index (κ2) is 8.52. The van der Waals surface area contributed by atoms with E-state index >= 15 is 0 Å². The molecular weight excluding hydrogens is 322 g/mol. The van der Waals surface area contributed by atoms with E-state index in [1.165, 1.54) is 24.3 Å². The predicted molar refractivity (Wildman–Crippen MR) is 94.4 cm³/mol. The maximum atomic E-state index is 13.3. The zero-order chi connectivity index (χ0) is 17.6. The second-order valence-electron chi connectivity index (χ2n) is 6.46. The molecule has 1 fully saturated rings. The largest absolute Gasteiger partial charge is 0.396 e. The van der Waals surface area contributed by atoms with Gasteiger partial charge in [-0.25, -0.2) is 8.78 Å². The molecule has 2 aromatic carbocycles. The lowest BCUT2D eigenvalue weighted by molar-refractivity contribution is 0.104. The predicted octanol–water partition coefficient (Wildman–Crippen LogP) is 3.05. The first-order chi connectivity index (χ1) is 12.2. The minimum Gasteiger partial charge on any atom is -0.396 e. The average molecular weight is 346 g/mol. The molecule has 1 aliphatic heterocycles. The number of nitrogens with zero attached hydrogens (tertiary/aromatic N) is 2. The summed E-state index contributed by atoms with van der Waals surface area (Å²) < 4.78 is 26.7. The van der Waals surface area contributed by atoms with Crippen LogP contribution in [0.5, 0.6) is 0 Å². The number of aliphatic hydroxyl groups excluding tert-OH is 1. The Labute approximate surface area is 147 Å². The van der Waals surface area contributed by atoms with Gasteiger partial charge in [0.25, 0.3) is 0 Å². The van der Waals surface area contributed by atoms with Gasteiger partial charge < -0.3 is 10.0 Å². The molecule has 1 N–H and O–H groups in total. The fourth-order valence-electron chi connectivity index (χ4n) is 3.44. The minimum absolute atomic E-state index is 0.0128. The van der Waals surface area contributed by atoms with Crippen LogP contribution in [0.2, 0.25) is 0 Å². The van der Waals surface area contributed by atoms with Gasteiger partial charge in [-0.05, 0) is 41.8 Å². The van der Waals surface area contributed by atoms with Crippen molar-refractivity contribution in [1.29, 1.82) is 0 Å². The third-order valence-electron chi connectivity index (χ3n) is 4.78. The van der Waals surface area contributed by atoms with Crippen molar-refractivity contribution in [2.45, 2.75) is 12.5 Å². The van der Waals surface area contributed by atoms with Crippen LogP contribution in [0.1, 0.15) is 23.6 Å². The van der Waals surface area contributed by atoms with Crippen molar-refractivity contribution < 1.29 is 13.9 Å². The summed E-state index contributed by atoms with van der Waals surface area (Å²) in [6.45, 7) is 4.74. The summed E-state index contributed by atoms with van der Waals surface area (Å²) in [5.74, 6) is -0.508. The van der Waals surface area contributed by atoms with Gasteiger partial charge in [0.15, 0.2) is 0 Å². The molecule has 0 radical (unpaired) electrons. The monoisotopic (exact) mass is 346 g/mol. The van der Waals surface area contributed by atoms with E-state index in [2.05, 4.69) is 9.80 Å². The Morgan fingerprint density at radius 1 is 0.800 bits per heavy atom. The van der Waals surface area contributed by atoms with E-state index in [4.69, 9.17) is 5.11 Å². The van der Waals surface area contributed by atoms with Gasteiger partial charge in [0.2, 0.25) is 0 Å². The molecule has 0 atom stereocenters. The summed E-state index contributed by atoms with van der Waals surface area (Å²) in [5, 5.41) is 8.98. The summed E-state index contributed by atoms with van der Waals surface area (Å²) >= 11 is 0. The highest BCUT2D eigenvalue weighted by Gasteiger charge is 2.26. The van der Waals surface area contributed by atoms with Crippen LogP contribution < -0.4 is 0 Å². The summed E-state index contributed by atoms with van der Waals surface area (Å²) in [6, 6.07) is 13.1. The van der Waals surface area contributed by atoms with E-state index < -0.39 is 0 Å². The van der Waals surface area contributed by atoms with Gasteiger partial charge in [0.05, 0.1) is 6.04 Å². The maximum absolute atomic E-state index is 13.3. The zero-order valence-electron chi connectivity index (χ0n) is 14.2. The SMILES string of the molecule is OCCCN1CCN(C(c2ccc(F)cc2)c2ccc(F)cc2)CC1. The number of benzene rings is 2. The lowest BCUT2D eigenvalue weighted by Crippen LogP contribution is -2.48. The molecule has 0 aromatic heterocycles. The molecule has 3 nitrogen and oxygen atoms in total. The first kappa shape index (κ1) is 18.0. The molecule has 134 valence electrons. The Kier molecular flexibility index (Phi) is 6.13. The van der Waals surface area contributed by atoms with Gasteiger partial charge >= 0.3 is 0 Å². The lowest BCUT2D eigenvalue weighted by atomic mass is 9.96. The van der Waals surface area contributed by atoms with E-state index in [0.29, 0.717) is 0 Å². The van der Waals surface area contributed by atoms with Crippen LogP contribution in [0.25, 0.3) is 0 Å². The molecule has 0 saturated carbocycles. The molecule has 0 unspecified atom stereocenters. The number of hydrogen-bond donors (Lipinski definition) is 1. The van der Waals surface area contributed by atoms with Gasteiger partial charge in [0.1, 0.15) is 11.6 Å². The molecule has 1 saturated heterocycles. The molecule has 25 heavy (non-hydrogen) atoms. The number of piperazine rings is 1. The van der Waals surface area contributed by atoms with E-state index in [1.54, 1.807) is 0 Å². The quantitative estimate of drug-likeness (QED) is 0.871. The first-order valence-electron chi connectivity index (χ1n) is 8.75. The normalized spacial score (nSPS) is 16.5. The summed E-state index contributed by atoms with van der Waals surface area (Å²) in [6.07, 6.45) is 0.791. The molecule has 3 rings (SSSR count).